The number of hydrogen-bond donors (Lipinski definition) is 1. The molecule has 1 atom stereocenters. The molecule has 2 rings (SSSR count). The van der Waals surface area contributed by atoms with E-state index in [0.717, 1.165) is 5.56 Å². The Labute approximate surface area is 105 Å². The van der Waals surface area contributed by atoms with Gasteiger partial charge in [-0.25, -0.2) is 0 Å². The van der Waals surface area contributed by atoms with Gasteiger partial charge in [0, 0.05) is 11.6 Å². The average molecular weight is 249 g/mol. The first-order chi connectivity index (χ1) is 8.56. The number of nitrogens with two attached hydrogens (primary N) is 1. The molecule has 1 aliphatic carbocycles. The van der Waals surface area contributed by atoms with Crippen molar-refractivity contribution in [3.05, 3.63) is 29.8 Å². The van der Waals surface area contributed by atoms with Crippen LogP contribution >= 0.6 is 0 Å². The van der Waals surface area contributed by atoms with Crippen LogP contribution < -0.4 is 5.73 Å². The van der Waals surface area contributed by atoms with Gasteiger partial charge in [-0.1, -0.05) is 12.1 Å². The highest BCUT2D eigenvalue weighted by molar-refractivity contribution is 6.05. The fraction of sp³-hybridized carbons (Fsp3) is 0.385. The van der Waals surface area contributed by atoms with Crippen LogP contribution in [0, 0.1) is 5.41 Å². The summed E-state index contributed by atoms with van der Waals surface area (Å²) in [7, 11) is 2.54. The molecule has 0 amide bonds. The molecule has 96 valence electrons. The van der Waals surface area contributed by atoms with Crippen LogP contribution in [-0.4, -0.2) is 26.2 Å². The lowest BCUT2D eigenvalue weighted by molar-refractivity contribution is -0.161. The Morgan fingerprint density at radius 3 is 2.11 bits per heavy atom. The highest BCUT2D eigenvalue weighted by Gasteiger charge is 2.68. The molecule has 5 nitrogen and oxygen atoms in total. The number of rotatable bonds is 3. The highest BCUT2D eigenvalue weighted by atomic mass is 16.5. The molecule has 2 N–H and O–H groups in total. The van der Waals surface area contributed by atoms with Gasteiger partial charge >= 0.3 is 11.9 Å². The Bertz CT molecular complexity index is 464. The Kier molecular flexibility index (Phi) is 2.98. The van der Waals surface area contributed by atoms with Gasteiger partial charge in [0.15, 0.2) is 5.41 Å². The second-order valence-corrected chi connectivity index (χ2v) is 4.38. The number of benzene rings is 1. The summed E-state index contributed by atoms with van der Waals surface area (Å²) in [5, 5.41) is 0. The lowest BCUT2D eigenvalue weighted by Gasteiger charge is -2.12. The Morgan fingerprint density at radius 1 is 1.17 bits per heavy atom. The van der Waals surface area contributed by atoms with Crippen LogP contribution in [0.1, 0.15) is 17.9 Å². The van der Waals surface area contributed by atoms with E-state index in [1.54, 1.807) is 12.1 Å². The van der Waals surface area contributed by atoms with Crippen LogP contribution in [0.25, 0.3) is 0 Å². The third-order valence-corrected chi connectivity index (χ3v) is 3.40. The van der Waals surface area contributed by atoms with Crippen LogP contribution in [0.2, 0.25) is 0 Å². The minimum absolute atomic E-state index is 0.196. The van der Waals surface area contributed by atoms with Crippen LogP contribution in [0.3, 0.4) is 0 Å². The normalized spacial score (nSPS) is 20.0. The van der Waals surface area contributed by atoms with Gasteiger partial charge < -0.3 is 15.2 Å². The van der Waals surface area contributed by atoms with Gasteiger partial charge in [-0.05, 0) is 24.1 Å². The van der Waals surface area contributed by atoms with Crippen molar-refractivity contribution in [2.45, 2.75) is 12.3 Å². The van der Waals surface area contributed by atoms with Crippen LogP contribution in [0.5, 0.6) is 0 Å². The van der Waals surface area contributed by atoms with Gasteiger partial charge in [0.1, 0.15) is 0 Å². The van der Waals surface area contributed by atoms with E-state index >= 15 is 0 Å². The zero-order valence-corrected chi connectivity index (χ0v) is 10.3. The summed E-state index contributed by atoms with van der Waals surface area (Å²) >= 11 is 0. The van der Waals surface area contributed by atoms with Gasteiger partial charge in [0.25, 0.3) is 0 Å². The van der Waals surface area contributed by atoms with E-state index in [1.807, 2.05) is 12.1 Å². The fourth-order valence-electron chi connectivity index (χ4n) is 2.29. The molecule has 0 bridgehead atoms. The smallest absolute Gasteiger partial charge is 0.323 e. The second kappa shape index (κ2) is 4.33. The summed E-state index contributed by atoms with van der Waals surface area (Å²) < 4.78 is 9.42. The Hall–Kier alpha value is -2.04. The van der Waals surface area contributed by atoms with Gasteiger partial charge in [-0.3, -0.25) is 9.59 Å². The lowest BCUT2D eigenvalue weighted by Crippen LogP contribution is -2.30. The predicted octanol–water partition coefficient (Wildman–Crippen LogP) is 1.09. The Balaban J connectivity index is 2.30. The first-order valence-corrected chi connectivity index (χ1v) is 5.58. The SMILES string of the molecule is COC(=O)C1(C(=O)OC)CC1c1ccc(N)cc1. The van der Waals surface area contributed by atoms with Crippen molar-refractivity contribution >= 4 is 17.6 Å². The van der Waals surface area contributed by atoms with Crippen molar-refractivity contribution in [3.8, 4) is 0 Å². The van der Waals surface area contributed by atoms with Gasteiger partial charge in [-0.2, -0.15) is 0 Å². The molecule has 0 radical (unpaired) electrons. The predicted molar refractivity (Wildman–Crippen MR) is 64.7 cm³/mol. The summed E-state index contributed by atoms with van der Waals surface area (Å²) in [5.41, 5.74) is 5.95. The summed E-state index contributed by atoms with van der Waals surface area (Å²) in [6.07, 6.45) is 0.413. The third kappa shape index (κ3) is 1.72. The fourth-order valence-corrected chi connectivity index (χ4v) is 2.29. The van der Waals surface area contributed by atoms with Gasteiger partial charge in [0.2, 0.25) is 0 Å². The number of anilines is 1. The molecule has 1 fully saturated rings. The minimum atomic E-state index is -1.18. The zero-order valence-electron chi connectivity index (χ0n) is 10.3. The first-order valence-electron chi connectivity index (χ1n) is 5.58. The summed E-state index contributed by atoms with van der Waals surface area (Å²) in [6, 6.07) is 7.11. The number of esters is 2. The molecule has 1 aliphatic rings. The number of carbonyl (C=O) groups is 2. The van der Waals surface area contributed by atoms with E-state index in [9.17, 15) is 9.59 Å². The maximum absolute atomic E-state index is 11.8. The molecule has 0 aromatic heterocycles. The molecule has 0 spiro atoms. The number of methoxy groups -OCH3 is 2. The maximum Gasteiger partial charge on any atom is 0.323 e. The molecule has 0 saturated heterocycles. The first kappa shape index (κ1) is 12.4. The van der Waals surface area contributed by atoms with E-state index in [2.05, 4.69) is 0 Å². The van der Waals surface area contributed by atoms with Crippen molar-refractivity contribution in [2.75, 3.05) is 20.0 Å². The van der Waals surface area contributed by atoms with Gasteiger partial charge in [0.05, 0.1) is 14.2 Å². The van der Waals surface area contributed by atoms with E-state index in [-0.39, 0.29) is 5.92 Å². The number of ether oxygens (including phenoxy) is 2. The monoisotopic (exact) mass is 249 g/mol. The molecular weight excluding hydrogens is 234 g/mol. The zero-order chi connectivity index (χ0) is 13.3. The topological polar surface area (TPSA) is 78.6 Å². The molecule has 1 unspecified atom stereocenters. The van der Waals surface area contributed by atoms with Gasteiger partial charge in [-0.15, -0.1) is 0 Å². The number of nitrogen functional groups attached to an aromatic ring is 1. The van der Waals surface area contributed by atoms with E-state index in [1.165, 1.54) is 14.2 Å². The van der Waals surface area contributed by atoms with E-state index in [0.29, 0.717) is 12.1 Å². The largest absolute Gasteiger partial charge is 0.468 e. The van der Waals surface area contributed by atoms with Crippen molar-refractivity contribution in [2.24, 2.45) is 5.41 Å². The molecule has 1 aromatic rings. The average Bonchev–Trinajstić information content (AvgIpc) is 3.14. The summed E-state index contributed by atoms with van der Waals surface area (Å²) in [6.45, 7) is 0. The minimum Gasteiger partial charge on any atom is -0.468 e. The third-order valence-electron chi connectivity index (χ3n) is 3.40. The summed E-state index contributed by atoms with van der Waals surface area (Å²) in [5.74, 6) is -1.29. The quantitative estimate of drug-likeness (QED) is 0.493. The van der Waals surface area contributed by atoms with Crippen LogP contribution in [-0.2, 0) is 19.1 Å². The lowest BCUT2D eigenvalue weighted by atomic mass is 9.99. The van der Waals surface area contributed by atoms with Crippen molar-refractivity contribution in [1.82, 2.24) is 0 Å². The standard InChI is InChI=1S/C13H15NO4/c1-17-11(15)13(12(16)18-2)7-10(13)8-3-5-9(14)6-4-8/h3-6,10H,7,14H2,1-2H3. The second-order valence-electron chi connectivity index (χ2n) is 4.38. The number of carbonyl (C=O) groups excluding carboxylic acids is 2. The molecule has 18 heavy (non-hydrogen) atoms. The summed E-state index contributed by atoms with van der Waals surface area (Å²) in [4.78, 5) is 23.6. The molecule has 5 heteroatoms. The molecule has 0 aliphatic heterocycles. The molecule has 1 saturated carbocycles. The van der Waals surface area contributed by atoms with E-state index in [4.69, 9.17) is 15.2 Å². The Morgan fingerprint density at radius 2 is 1.67 bits per heavy atom. The van der Waals surface area contributed by atoms with Crippen LogP contribution in [0.4, 0.5) is 5.69 Å². The van der Waals surface area contributed by atoms with Crippen molar-refractivity contribution in [1.29, 1.82) is 0 Å². The van der Waals surface area contributed by atoms with Crippen molar-refractivity contribution in [3.63, 3.8) is 0 Å². The molecular formula is C13H15NO4. The van der Waals surface area contributed by atoms with Crippen molar-refractivity contribution < 1.29 is 19.1 Å². The van der Waals surface area contributed by atoms with Crippen LogP contribution in [0.15, 0.2) is 24.3 Å². The highest BCUT2D eigenvalue weighted by Crippen LogP contribution is 2.60. The maximum atomic E-state index is 11.8. The molecule has 1 aromatic carbocycles. The van der Waals surface area contributed by atoms with E-state index < -0.39 is 17.4 Å². The number of hydrogen-bond acceptors (Lipinski definition) is 5. The molecule has 0 heterocycles.